The molecule has 7 nitrogen and oxygen atoms in total. The Morgan fingerprint density at radius 1 is 1.08 bits per heavy atom. The quantitative estimate of drug-likeness (QED) is 0.404. The lowest BCUT2D eigenvalue weighted by molar-refractivity contribution is 0.0257. The number of aliphatic hydroxyl groups is 1. The first kappa shape index (κ1) is 26.9. The van der Waals surface area contributed by atoms with Crippen molar-refractivity contribution in [2.24, 2.45) is 12.5 Å². The molecule has 0 radical (unpaired) electrons. The Morgan fingerprint density at radius 3 is 2.46 bits per heavy atom. The highest BCUT2D eigenvalue weighted by Gasteiger charge is 2.48. The van der Waals surface area contributed by atoms with Crippen molar-refractivity contribution in [3.8, 4) is 0 Å². The lowest BCUT2D eigenvalue weighted by Gasteiger charge is -2.52. The average molecular weight is 550 g/mol. The minimum absolute atomic E-state index is 0.195. The Balaban J connectivity index is 1.15. The summed E-state index contributed by atoms with van der Waals surface area (Å²) in [4.78, 5) is 13.3. The largest absolute Gasteiger partial charge is 0.393 e. The van der Waals surface area contributed by atoms with Gasteiger partial charge in [0.15, 0.2) is 0 Å². The molecule has 3 aromatic rings. The van der Waals surface area contributed by atoms with Crippen molar-refractivity contribution in [1.29, 1.82) is 0 Å². The van der Waals surface area contributed by atoms with Gasteiger partial charge in [-0.15, -0.1) is 0 Å². The summed E-state index contributed by atoms with van der Waals surface area (Å²) in [5.74, 6) is 0.919. The summed E-state index contributed by atoms with van der Waals surface area (Å²) >= 11 is 0. The molecular formula is C31H43N5O2S. The van der Waals surface area contributed by atoms with E-state index in [9.17, 15) is 9.32 Å². The molecule has 1 saturated heterocycles. The van der Waals surface area contributed by atoms with E-state index in [2.05, 4.69) is 41.6 Å². The van der Waals surface area contributed by atoms with Gasteiger partial charge in [0.1, 0.15) is 0 Å². The van der Waals surface area contributed by atoms with Gasteiger partial charge in [-0.3, -0.25) is 4.21 Å². The number of hydrogen-bond donors (Lipinski definition) is 2. The molecule has 0 amide bonds. The van der Waals surface area contributed by atoms with Crippen LogP contribution in [0.4, 0.5) is 11.6 Å². The number of fused-ring (bicyclic) bond motifs is 1. The van der Waals surface area contributed by atoms with Crippen molar-refractivity contribution in [2.45, 2.75) is 100 Å². The summed E-state index contributed by atoms with van der Waals surface area (Å²) in [5.41, 5.74) is 5.50. The highest BCUT2D eigenvalue weighted by atomic mass is 32.2. The van der Waals surface area contributed by atoms with Gasteiger partial charge in [0.05, 0.1) is 33.6 Å². The maximum atomic E-state index is 13.5. The molecule has 1 aliphatic heterocycles. The molecule has 2 N–H and O–H groups in total. The van der Waals surface area contributed by atoms with Gasteiger partial charge < -0.3 is 19.9 Å². The van der Waals surface area contributed by atoms with Crippen LogP contribution >= 0.6 is 0 Å². The first-order chi connectivity index (χ1) is 18.7. The Labute approximate surface area is 234 Å². The minimum Gasteiger partial charge on any atom is -0.393 e. The number of nitrogens with zero attached hydrogens (tertiary/aromatic N) is 4. The molecule has 1 atom stereocenters. The van der Waals surface area contributed by atoms with Crippen LogP contribution in [0.3, 0.4) is 0 Å². The third kappa shape index (κ3) is 5.27. The molecule has 2 aliphatic carbocycles. The van der Waals surface area contributed by atoms with Crippen LogP contribution in [0.5, 0.6) is 0 Å². The maximum absolute atomic E-state index is 13.5. The van der Waals surface area contributed by atoms with E-state index in [0.29, 0.717) is 23.3 Å². The fourth-order valence-electron chi connectivity index (χ4n) is 7.11. The predicted molar refractivity (Wildman–Crippen MR) is 158 cm³/mol. The van der Waals surface area contributed by atoms with Crippen molar-refractivity contribution in [1.82, 2.24) is 19.4 Å². The second kappa shape index (κ2) is 10.6. The van der Waals surface area contributed by atoms with Crippen molar-refractivity contribution in [2.75, 3.05) is 18.4 Å². The molecule has 1 spiro atoms. The van der Waals surface area contributed by atoms with E-state index >= 15 is 0 Å². The molecule has 3 aliphatic rings. The van der Waals surface area contributed by atoms with E-state index in [1.54, 1.807) is 0 Å². The summed E-state index contributed by atoms with van der Waals surface area (Å²) in [6.07, 6.45) is 10.0. The summed E-state index contributed by atoms with van der Waals surface area (Å²) in [5, 5.41) is 13.7. The SMILES string of the molecule is Cc1cc(S(=O)C2CC3(CCN(C(C)C)CC3)C2)ccc1Nc1nc(C2CCC(O)CC2)c2c(ccn2C)n1. The maximum Gasteiger partial charge on any atom is 0.228 e. The molecule has 3 fully saturated rings. The standard InChI is InChI=1S/C31H43N5O2S/c1-20(2)36-15-12-31(13-16-36)18-25(19-31)39(38)24-9-10-26(21(3)17-24)32-30-33-27-11-14-35(4)29(27)28(34-30)22-5-7-23(37)8-6-22/h9-11,14,17,20,22-23,25,37H,5-8,12-13,15-16,18-19H2,1-4H3,(H,32,33,34). The van der Waals surface area contributed by atoms with Gasteiger partial charge >= 0.3 is 0 Å². The molecule has 210 valence electrons. The first-order valence-electron chi connectivity index (χ1n) is 14.7. The summed E-state index contributed by atoms with van der Waals surface area (Å²) in [6, 6.07) is 8.79. The third-order valence-corrected chi connectivity index (χ3v) is 11.4. The monoisotopic (exact) mass is 549 g/mol. The zero-order valence-corrected chi connectivity index (χ0v) is 24.6. The Hall–Kier alpha value is -2.29. The van der Waals surface area contributed by atoms with E-state index < -0.39 is 10.8 Å². The van der Waals surface area contributed by atoms with Crippen LogP contribution in [-0.2, 0) is 17.8 Å². The number of rotatable bonds is 6. The van der Waals surface area contributed by atoms with Crippen molar-refractivity contribution >= 4 is 33.5 Å². The van der Waals surface area contributed by atoms with E-state index in [1.165, 1.54) is 25.9 Å². The predicted octanol–water partition coefficient (Wildman–Crippen LogP) is 5.80. The number of anilines is 2. The molecule has 3 heterocycles. The highest BCUT2D eigenvalue weighted by molar-refractivity contribution is 7.85. The second-order valence-corrected chi connectivity index (χ2v) is 14.4. The van der Waals surface area contributed by atoms with Gasteiger partial charge in [-0.25, -0.2) is 9.97 Å². The molecule has 1 aromatic carbocycles. The van der Waals surface area contributed by atoms with Gasteiger partial charge in [0.25, 0.3) is 0 Å². The van der Waals surface area contributed by atoms with Gasteiger partial charge in [-0.2, -0.15) is 0 Å². The summed E-state index contributed by atoms with van der Waals surface area (Å²) in [7, 11) is 1.07. The molecule has 2 saturated carbocycles. The molecule has 2 aromatic heterocycles. The van der Waals surface area contributed by atoms with Crippen molar-refractivity contribution in [3.05, 3.63) is 41.7 Å². The Bertz CT molecular complexity index is 1360. The van der Waals surface area contributed by atoms with Crippen LogP contribution in [0.15, 0.2) is 35.4 Å². The van der Waals surface area contributed by atoms with Crippen LogP contribution in [0, 0.1) is 12.3 Å². The third-order valence-electron chi connectivity index (χ3n) is 9.72. The van der Waals surface area contributed by atoms with Gasteiger partial charge in [-0.05, 0) is 120 Å². The van der Waals surface area contributed by atoms with Gasteiger partial charge in [-0.1, -0.05) is 0 Å². The van der Waals surface area contributed by atoms with E-state index in [4.69, 9.17) is 9.97 Å². The highest BCUT2D eigenvalue weighted by Crippen LogP contribution is 2.52. The number of likely N-dealkylation sites (tertiary alicyclic amines) is 1. The number of aliphatic hydroxyl groups excluding tert-OH is 1. The summed E-state index contributed by atoms with van der Waals surface area (Å²) in [6.45, 7) is 8.99. The molecule has 0 bridgehead atoms. The normalized spacial score (nSPS) is 24.8. The smallest absolute Gasteiger partial charge is 0.228 e. The Kier molecular flexibility index (Phi) is 7.31. The second-order valence-electron chi connectivity index (χ2n) is 12.7. The molecule has 1 unspecified atom stereocenters. The first-order valence-corrected chi connectivity index (χ1v) is 16.0. The molecule has 39 heavy (non-hydrogen) atoms. The number of aryl methyl sites for hydroxylation is 2. The number of aromatic nitrogens is 3. The molecule has 6 rings (SSSR count). The number of benzene rings is 1. The molecular weight excluding hydrogens is 506 g/mol. The summed E-state index contributed by atoms with van der Waals surface area (Å²) < 4.78 is 15.6. The van der Waals surface area contributed by atoms with Gasteiger partial charge in [0.2, 0.25) is 5.95 Å². The Morgan fingerprint density at radius 2 is 1.79 bits per heavy atom. The van der Waals surface area contributed by atoms with Gasteiger partial charge in [0, 0.05) is 41.0 Å². The van der Waals surface area contributed by atoms with Crippen LogP contribution < -0.4 is 5.32 Å². The number of hydrogen-bond acceptors (Lipinski definition) is 6. The van der Waals surface area contributed by atoms with Crippen LogP contribution in [-0.4, -0.2) is 59.2 Å². The number of nitrogens with one attached hydrogen (secondary N) is 1. The number of piperidine rings is 1. The fourth-order valence-corrected chi connectivity index (χ4v) is 9.00. The topological polar surface area (TPSA) is 83.3 Å². The van der Waals surface area contributed by atoms with Crippen LogP contribution in [0.25, 0.3) is 11.0 Å². The lowest BCUT2D eigenvalue weighted by atomic mass is 9.63. The zero-order valence-electron chi connectivity index (χ0n) is 23.8. The van der Waals surface area contributed by atoms with E-state index in [0.717, 1.165) is 71.4 Å². The minimum atomic E-state index is -0.973. The zero-order chi connectivity index (χ0) is 27.3. The van der Waals surface area contributed by atoms with Crippen LogP contribution in [0.2, 0.25) is 0 Å². The van der Waals surface area contributed by atoms with Crippen LogP contribution in [0.1, 0.15) is 82.4 Å². The average Bonchev–Trinajstić information content (AvgIpc) is 3.28. The fraction of sp³-hybridized carbons (Fsp3) is 0.613. The van der Waals surface area contributed by atoms with E-state index in [1.807, 2.05) is 31.4 Å². The van der Waals surface area contributed by atoms with Crippen molar-refractivity contribution in [3.63, 3.8) is 0 Å². The lowest BCUT2D eigenvalue weighted by Crippen LogP contribution is -2.51. The molecule has 8 heteroatoms. The van der Waals surface area contributed by atoms with E-state index in [-0.39, 0.29) is 11.4 Å². The van der Waals surface area contributed by atoms with Crippen molar-refractivity contribution < 1.29 is 9.32 Å².